The largest absolute Gasteiger partial charge is 0.497 e. The van der Waals surface area contributed by atoms with Gasteiger partial charge in [0.15, 0.2) is 0 Å². The molecule has 0 saturated carbocycles. The van der Waals surface area contributed by atoms with Crippen molar-refractivity contribution in [2.75, 3.05) is 17.7 Å². The topological polar surface area (TPSA) is 33.3 Å². The number of ether oxygens (including phenoxy) is 1. The summed E-state index contributed by atoms with van der Waals surface area (Å²) in [5.74, 6) is 0.817. The van der Waals surface area contributed by atoms with Crippen LogP contribution in [0.3, 0.4) is 0 Å². The predicted octanol–water partition coefficient (Wildman–Crippen LogP) is 8.12. The number of nitrogens with one attached hydrogen (secondary N) is 2. The Labute approximate surface area is 202 Å². The van der Waals surface area contributed by atoms with Crippen molar-refractivity contribution in [1.29, 1.82) is 0 Å². The van der Waals surface area contributed by atoms with Crippen LogP contribution in [0.1, 0.15) is 23.2 Å². The summed E-state index contributed by atoms with van der Waals surface area (Å²) < 4.78 is 6.36. The smallest absolute Gasteiger partial charge is 0.119 e. The van der Waals surface area contributed by atoms with Gasteiger partial charge in [-0.1, -0.05) is 76.1 Å². The lowest BCUT2D eigenvalue weighted by atomic mass is 9.92. The Balaban J connectivity index is 1.77. The first kappa shape index (κ1) is 22.3. The molecule has 32 heavy (non-hydrogen) atoms. The van der Waals surface area contributed by atoms with Crippen LogP contribution in [0, 0.1) is 0 Å². The number of methoxy groups -OCH3 is 1. The van der Waals surface area contributed by atoms with Gasteiger partial charge in [0.25, 0.3) is 0 Å². The highest BCUT2D eigenvalue weighted by Crippen LogP contribution is 2.38. The van der Waals surface area contributed by atoms with Crippen molar-refractivity contribution in [2.45, 2.75) is 12.1 Å². The van der Waals surface area contributed by atoms with Gasteiger partial charge in [0, 0.05) is 20.9 Å². The molecule has 0 fully saturated rings. The third-order valence-electron chi connectivity index (χ3n) is 5.31. The third-order valence-corrected chi connectivity index (χ3v) is 6.18. The lowest BCUT2D eigenvalue weighted by Gasteiger charge is -2.32. The molecule has 0 spiro atoms. The molecular formula is C27H24BrClN2O. The maximum absolute atomic E-state index is 6.69. The van der Waals surface area contributed by atoms with Crippen molar-refractivity contribution < 1.29 is 4.74 Å². The fourth-order valence-corrected chi connectivity index (χ4v) is 4.20. The molecule has 0 amide bonds. The molecule has 4 aromatic carbocycles. The normalized spacial score (nSPS) is 12.6. The second kappa shape index (κ2) is 10.6. The van der Waals surface area contributed by atoms with E-state index in [0.29, 0.717) is 0 Å². The summed E-state index contributed by atoms with van der Waals surface area (Å²) in [4.78, 5) is 0. The van der Waals surface area contributed by atoms with Crippen LogP contribution in [0.2, 0.25) is 5.02 Å². The van der Waals surface area contributed by atoms with Gasteiger partial charge in [-0.2, -0.15) is 0 Å². The van der Waals surface area contributed by atoms with E-state index in [2.05, 4.69) is 69.0 Å². The van der Waals surface area contributed by atoms with Gasteiger partial charge in [-0.15, -0.1) is 0 Å². The Morgan fingerprint density at radius 2 is 1.25 bits per heavy atom. The number of benzene rings is 4. The Morgan fingerprint density at radius 3 is 1.88 bits per heavy atom. The predicted molar refractivity (Wildman–Crippen MR) is 138 cm³/mol. The highest BCUT2D eigenvalue weighted by molar-refractivity contribution is 9.10. The fraction of sp³-hybridized carbons (Fsp3) is 0.111. The van der Waals surface area contributed by atoms with Crippen LogP contribution in [-0.2, 0) is 0 Å². The minimum absolute atomic E-state index is 0.0839. The molecule has 5 heteroatoms. The number of halogens is 2. The summed E-state index contributed by atoms with van der Waals surface area (Å²) in [6.45, 7) is 0. The Morgan fingerprint density at radius 1 is 0.688 bits per heavy atom. The zero-order valence-electron chi connectivity index (χ0n) is 17.6. The van der Waals surface area contributed by atoms with Crippen LogP contribution in [0.15, 0.2) is 108 Å². The van der Waals surface area contributed by atoms with E-state index >= 15 is 0 Å². The van der Waals surface area contributed by atoms with Crippen LogP contribution in [-0.4, -0.2) is 7.11 Å². The lowest BCUT2D eigenvalue weighted by molar-refractivity contribution is 0.415. The second-order valence-electron chi connectivity index (χ2n) is 7.41. The van der Waals surface area contributed by atoms with Crippen molar-refractivity contribution in [1.82, 2.24) is 0 Å². The molecule has 0 bridgehead atoms. The van der Waals surface area contributed by atoms with Crippen LogP contribution >= 0.6 is 27.5 Å². The first-order chi connectivity index (χ1) is 15.6. The Kier molecular flexibility index (Phi) is 7.35. The molecule has 0 aliphatic heterocycles. The van der Waals surface area contributed by atoms with Gasteiger partial charge >= 0.3 is 0 Å². The molecule has 0 aliphatic carbocycles. The first-order valence-corrected chi connectivity index (χ1v) is 11.5. The number of rotatable bonds is 8. The van der Waals surface area contributed by atoms with E-state index in [-0.39, 0.29) is 12.1 Å². The maximum Gasteiger partial charge on any atom is 0.119 e. The molecule has 0 aromatic heterocycles. The molecule has 0 unspecified atom stereocenters. The second-order valence-corrected chi connectivity index (χ2v) is 8.73. The van der Waals surface area contributed by atoms with E-state index in [9.17, 15) is 0 Å². The van der Waals surface area contributed by atoms with Gasteiger partial charge in [-0.3, -0.25) is 0 Å². The lowest BCUT2D eigenvalue weighted by Crippen LogP contribution is -2.26. The van der Waals surface area contributed by atoms with Gasteiger partial charge in [-0.05, 0) is 65.7 Å². The van der Waals surface area contributed by atoms with Crippen molar-refractivity contribution in [3.63, 3.8) is 0 Å². The number of hydrogen-bond donors (Lipinski definition) is 2. The molecule has 0 radical (unpaired) electrons. The molecule has 4 aromatic rings. The van der Waals surface area contributed by atoms with E-state index in [1.165, 1.54) is 0 Å². The van der Waals surface area contributed by atoms with E-state index in [1.54, 1.807) is 7.11 Å². The summed E-state index contributed by atoms with van der Waals surface area (Å²) in [5, 5.41) is 8.15. The van der Waals surface area contributed by atoms with Crippen molar-refractivity contribution in [2.24, 2.45) is 0 Å². The zero-order valence-corrected chi connectivity index (χ0v) is 20.0. The van der Waals surface area contributed by atoms with Gasteiger partial charge in [-0.25, -0.2) is 0 Å². The highest BCUT2D eigenvalue weighted by atomic mass is 79.9. The van der Waals surface area contributed by atoms with E-state index in [4.69, 9.17) is 16.3 Å². The zero-order chi connectivity index (χ0) is 22.3. The summed E-state index contributed by atoms with van der Waals surface area (Å²) >= 11 is 10.2. The number of hydrogen-bond acceptors (Lipinski definition) is 3. The molecular weight excluding hydrogens is 484 g/mol. The van der Waals surface area contributed by atoms with E-state index in [1.807, 2.05) is 60.7 Å². The molecule has 0 aliphatic rings. The molecule has 162 valence electrons. The average molecular weight is 508 g/mol. The Hall–Kier alpha value is -2.95. The molecule has 0 saturated heterocycles. The summed E-state index contributed by atoms with van der Waals surface area (Å²) in [6.07, 6.45) is 0. The van der Waals surface area contributed by atoms with Crippen molar-refractivity contribution in [3.05, 3.63) is 124 Å². The SMILES string of the molecule is COc1ccc(N[C@@H](c2ccccc2Cl)[C@@H](Nc2ccc(Br)cc2)c2ccccc2)cc1. The van der Waals surface area contributed by atoms with Crippen LogP contribution < -0.4 is 15.4 Å². The maximum atomic E-state index is 6.69. The standard InChI is InChI=1S/C27H24BrClN2O/c1-32-23-17-15-22(16-18-23)31-27(24-9-5-6-10-25(24)29)26(19-7-3-2-4-8-19)30-21-13-11-20(28)12-14-21/h2-18,26-27,30-31H,1H3/t26-,27-/m0/s1. The molecule has 0 heterocycles. The third kappa shape index (κ3) is 5.45. The fourth-order valence-electron chi connectivity index (χ4n) is 3.68. The van der Waals surface area contributed by atoms with Gasteiger partial charge in [0.05, 0.1) is 19.2 Å². The summed E-state index contributed by atoms with van der Waals surface area (Å²) in [5.41, 5.74) is 4.18. The van der Waals surface area contributed by atoms with Crippen LogP contribution in [0.25, 0.3) is 0 Å². The molecule has 2 N–H and O–H groups in total. The van der Waals surface area contributed by atoms with Crippen LogP contribution in [0.4, 0.5) is 11.4 Å². The van der Waals surface area contributed by atoms with Crippen LogP contribution in [0.5, 0.6) is 5.75 Å². The summed E-state index contributed by atoms with van der Waals surface area (Å²) in [6, 6.07) is 34.3. The molecule has 2 atom stereocenters. The van der Waals surface area contributed by atoms with Gasteiger partial charge in [0.1, 0.15) is 5.75 Å². The average Bonchev–Trinajstić information content (AvgIpc) is 2.84. The monoisotopic (exact) mass is 506 g/mol. The molecule has 4 rings (SSSR count). The quantitative estimate of drug-likeness (QED) is 0.253. The minimum atomic E-state index is -0.136. The van der Waals surface area contributed by atoms with E-state index in [0.717, 1.165) is 37.7 Å². The minimum Gasteiger partial charge on any atom is -0.497 e. The van der Waals surface area contributed by atoms with Gasteiger partial charge < -0.3 is 15.4 Å². The summed E-state index contributed by atoms with van der Waals surface area (Å²) in [7, 11) is 1.67. The highest BCUT2D eigenvalue weighted by Gasteiger charge is 2.27. The number of anilines is 2. The van der Waals surface area contributed by atoms with Crippen molar-refractivity contribution in [3.8, 4) is 5.75 Å². The van der Waals surface area contributed by atoms with Gasteiger partial charge in [0.2, 0.25) is 0 Å². The Bertz CT molecular complexity index is 1130. The molecule has 3 nitrogen and oxygen atoms in total. The van der Waals surface area contributed by atoms with Crippen molar-refractivity contribution >= 4 is 38.9 Å². The van der Waals surface area contributed by atoms with E-state index < -0.39 is 0 Å². The first-order valence-electron chi connectivity index (χ1n) is 10.4.